The molecule has 1 saturated heterocycles. The molecule has 0 radical (unpaired) electrons. The van der Waals surface area contributed by atoms with Gasteiger partial charge in [-0.15, -0.1) is 0 Å². The number of ether oxygens (including phenoxy) is 2. The molecule has 0 spiro atoms. The van der Waals surface area contributed by atoms with Crippen LogP contribution in [0.3, 0.4) is 0 Å². The zero-order valence-electron chi connectivity index (χ0n) is 15.0. The van der Waals surface area contributed by atoms with Crippen molar-refractivity contribution in [3.63, 3.8) is 0 Å². The molecule has 1 aliphatic carbocycles. The monoisotopic (exact) mass is 366 g/mol. The summed E-state index contributed by atoms with van der Waals surface area (Å²) in [6.07, 6.45) is 1.89. The van der Waals surface area contributed by atoms with Crippen LogP contribution in [0, 0.1) is 5.92 Å². The van der Waals surface area contributed by atoms with Gasteiger partial charge in [-0.25, -0.2) is 4.79 Å². The summed E-state index contributed by atoms with van der Waals surface area (Å²) in [6.45, 7) is 7.08. The van der Waals surface area contributed by atoms with Gasteiger partial charge in [-0.1, -0.05) is 23.7 Å². The summed E-state index contributed by atoms with van der Waals surface area (Å²) in [5.41, 5.74) is 0.614. The van der Waals surface area contributed by atoms with E-state index >= 15 is 0 Å². The molecule has 2 N–H and O–H groups in total. The van der Waals surface area contributed by atoms with Crippen LogP contribution >= 0.6 is 11.6 Å². The van der Waals surface area contributed by atoms with Crippen molar-refractivity contribution in [2.75, 3.05) is 6.61 Å². The van der Waals surface area contributed by atoms with Crippen LogP contribution in [-0.2, 0) is 16.0 Å². The lowest BCUT2D eigenvalue weighted by Crippen LogP contribution is -2.73. The smallest absolute Gasteiger partial charge is 0.407 e. The van der Waals surface area contributed by atoms with E-state index in [1.807, 2.05) is 45.0 Å². The molecule has 3 rings (SSSR count). The number of alkyl carbamates (subject to hydrolysis) is 1. The SMILES string of the molecule is CC(C)(C)OC(=O)NC1C2CCCOC2C1NCc1cccc(Cl)c1. The average molecular weight is 367 g/mol. The van der Waals surface area contributed by atoms with Crippen molar-refractivity contribution in [2.24, 2.45) is 5.92 Å². The first-order chi connectivity index (χ1) is 11.8. The number of nitrogens with one attached hydrogen (secondary N) is 2. The highest BCUT2D eigenvalue weighted by Gasteiger charge is 2.53. The van der Waals surface area contributed by atoms with E-state index in [9.17, 15) is 4.79 Å². The van der Waals surface area contributed by atoms with Crippen LogP contribution in [0.15, 0.2) is 24.3 Å². The number of fused-ring (bicyclic) bond motifs is 1. The molecule has 5 nitrogen and oxygen atoms in total. The van der Waals surface area contributed by atoms with Crippen molar-refractivity contribution in [1.29, 1.82) is 0 Å². The van der Waals surface area contributed by atoms with Crippen molar-refractivity contribution in [3.8, 4) is 0 Å². The minimum Gasteiger partial charge on any atom is -0.444 e. The zero-order chi connectivity index (χ0) is 18.0. The highest BCUT2D eigenvalue weighted by molar-refractivity contribution is 6.30. The third kappa shape index (κ3) is 4.66. The molecule has 25 heavy (non-hydrogen) atoms. The van der Waals surface area contributed by atoms with Gasteiger partial charge in [0.15, 0.2) is 0 Å². The molecule has 1 aromatic carbocycles. The molecule has 2 fully saturated rings. The van der Waals surface area contributed by atoms with Gasteiger partial charge in [-0.05, 0) is 51.3 Å². The van der Waals surface area contributed by atoms with E-state index in [0.29, 0.717) is 12.5 Å². The normalized spacial score (nSPS) is 28.6. The second-order valence-electron chi connectivity index (χ2n) is 7.85. The van der Waals surface area contributed by atoms with Gasteiger partial charge < -0.3 is 20.1 Å². The summed E-state index contributed by atoms with van der Waals surface area (Å²) in [4.78, 5) is 12.2. The number of carbonyl (C=O) groups excluding carboxylic acids is 1. The van der Waals surface area contributed by atoms with Crippen molar-refractivity contribution in [2.45, 2.75) is 63.9 Å². The van der Waals surface area contributed by atoms with E-state index in [0.717, 1.165) is 30.0 Å². The maximum absolute atomic E-state index is 12.2. The topological polar surface area (TPSA) is 59.6 Å². The highest BCUT2D eigenvalue weighted by Crippen LogP contribution is 2.38. The summed E-state index contributed by atoms with van der Waals surface area (Å²) >= 11 is 6.05. The van der Waals surface area contributed by atoms with Crippen molar-refractivity contribution in [3.05, 3.63) is 34.9 Å². The molecule has 1 amide bonds. The molecule has 1 aromatic rings. The van der Waals surface area contributed by atoms with Gasteiger partial charge in [0.25, 0.3) is 0 Å². The van der Waals surface area contributed by atoms with Gasteiger partial charge in [0.05, 0.1) is 18.2 Å². The van der Waals surface area contributed by atoms with Gasteiger partial charge in [-0.3, -0.25) is 0 Å². The van der Waals surface area contributed by atoms with Gasteiger partial charge in [0.1, 0.15) is 5.60 Å². The average Bonchev–Trinajstić information content (AvgIpc) is 2.51. The van der Waals surface area contributed by atoms with E-state index < -0.39 is 5.60 Å². The van der Waals surface area contributed by atoms with Crippen LogP contribution in [-0.4, -0.2) is 36.5 Å². The molecule has 138 valence electrons. The molecule has 4 atom stereocenters. The van der Waals surface area contributed by atoms with Gasteiger partial charge in [0.2, 0.25) is 0 Å². The Balaban J connectivity index is 1.61. The molecule has 0 bridgehead atoms. The minimum atomic E-state index is -0.500. The summed E-state index contributed by atoms with van der Waals surface area (Å²) in [5, 5.41) is 7.29. The summed E-state index contributed by atoms with van der Waals surface area (Å²) in [7, 11) is 0. The fraction of sp³-hybridized carbons (Fsp3) is 0.632. The molecular formula is C19H27ClN2O3. The Labute approximate surface area is 154 Å². The quantitative estimate of drug-likeness (QED) is 0.856. The Kier molecular flexibility index (Phi) is 5.56. The van der Waals surface area contributed by atoms with Crippen LogP contribution in [0.25, 0.3) is 0 Å². The van der Waals surface area contributed by atoms with Crippen molar-refractivity contribution in [1.82, 2.24) is 10.6 Å². The molecule has 2 aliphatic rings. The summed E-state index contributed by atoms with van der Waals surface area (Å²) < 4.78 is 11.3. The molecular weight excluding hydrogens is 340 g/mol. The van der Waals surface area contributed by atoms with E-state index in [1.54, 1.807) is 0 Å². The van der Waals surface area contributed by atoms with Crippen LogP contribution < -0.4 is 10.6 Å². The number of carbonyl (C=O) groups is 1. The predicted molar refractivity (Wildman–Crippen MR) is 97.7 cm³/mol. The molecule has 1 saturated carbocycles. The second kappa shape index (κ2) is 7.52. The molecule has 0 aromatic heterocycles. The Bertz CT molecular complexity index is 617. The Hall–Kier alpha value is -1.30. The van der Waals surface area contributed by atoms with E-state index in [4.69, 9.17) is 21.1 Å². The van der Waals surface area contributed by atoms with Gasteiger partial charge >= 0.3 is 6.09 Å². The van der Waals surface area contributed by atoms with Crippen molar-refractivity contribution < 1.29 is 14.3 Å². The third-order valence-corrected chi connectivity index (χ3v) is 4.97. The minimum absolute atomic E-state index is 0.0272. The number of halogens is 1. The lowest BCUT2D eigenvalue weighted by Gasteiger charge is -2.54. The Morgan fingerprint density at radius 1 is 1.36 bits per heavy atom. The van der Waals surface area contributed by atoms with Crippen LogP contribution in [0.4, 0.5) is 4.79 Å². The largest absolute Gasteiger partial charge is 0.444 e. The number of rotatable bonds is 4. The maximum atomic E-state index is 12.2. The summed E-state index contributed by atoms with van der Waals surface area (Å²) in [6, 6.07) is 7.89. The lowest BCUT2D eigenvalue weighted by atomic mass is 9.68. The van der Waals surface area contributed by atoms with Crippen LogP contribution in [0.5, 0.6) is 0 Å². The number of hydrogen-bond donors (Lipinski definition) is 2. The first-order valence-corrected chi connectivity index (χ1v) is 9.30. The number of hydrogen-bond acceptors (Lipinski definition) is 4. The van der Waals surface area contributed by atoms with E-state index in [-0.39, 0.29) is 24.3 Å². The number of amides is 1. The molecule has 4 unspecified atom stereocenters. The van der Waals surface area contributed by atoms with Gasteiger partial charge in [-0.2, -0.15) is 0 Å². The zero-order valence-corrected chi connectivity index (χ0v) is 15.8. The Morgan fingerprint density at radius 3 is 2.88 bits per heavy atom. The highest BCUT2D eigenvalue weighted by atomic mass is 35.5. The first kappa shape index (κ1) is 18.5. The first-order valence-electron chi connectivity index (χ1n) is 8.92. The van der Waals surface area contributed by atoms with Gasteiger partial charge in [0, 0.05) is 24.1 Å². The molecule has 1 aliphatic heterocycles. The fourth-order valence-electron chi connectivity index (χ4n) is 3.67. The molecule has 1 heterocycles. The van der Waals surface area contributed by atoms with Crippen molar-refractivity contribution >= 4 is 17.7 Å². The molecule has 6 heteroatoms. The van der Waals surface area contributed by atoms with E-state index in [1.165, 1.54) is 0 Å². The number of benzene rings is 1. The predicted octanol–water partition coefficient (Wildman–Crippen LogP) is 3.50. The fourth-order valence-corrected chi connectivity index (χ4v) is 3.88. The van der Waals surface area contributed by atoms with Crippen LogP contribution in [0.1, 0.15) is 39.2 Å². The standard InChI is InChI=1S/C19H27ClN2O3/c1-19(2,3)25-18(23)22-15-14-8-5-9-24-17(14)16(15)21-11-12-6-4-7-13(20)10-12/h4,6-7,10,14-17,21H,5,8-9,11H2,1-3H3,(H,22,23). The second-order valence-corrected chi connectivity index (χ2v) is 8.29. The van der Waals surface area contributed by atoms with E-state index in [2.05, 4.69) is 10.6 Å². The lowest BCUT2D eigenvalue weighted by molar-refractivity contribution is -0.128. The maximum Gasteiger partial charge on any atom is 0.407 e. The van der Waals surface area contributed by atoms with Crippen LogP contribution in [0.2, 0.25) is 5.02 Å². The Morgan fingerprint density at radius 2 is 2.16 bits per heavy atom. The third-order valence-electron chi connectivity index (χ3n) is 4.73. The summed E-state index contributed by atoms with van der Waals surface area (Å²) in [5.74, 6) is 0.345.